The van der Waals surface area contributed by atoms with Crippen molar-refractivity contribution in [3.8, 4) is 17.7 Å². The summed E-state index contributed by atoms with van der Waals surface area (Å²) in [6, 6.07) is 20.7. The van der Waals surface area contributed by atoms with Gasteiger partial charge in [0, 0.05) is 11.9 Å². The third-order valence-corrected chi connectivity index (χ3v) is 5.05. The summed E-state index contributed by atoms with van der Waals surface area (Å²) in [6.45, 7) is 1.92. The summed E-state index contributed by atoms with van der Waals surface area (Å²) in [4.78, 5) is 30.4. The molecule has 162 valence electrons. The molecule has 0 saturated carbocycles. The van der Waals surface area contributed by atoms with Gasteiger partial charge in [0.15, 0.2) is 0 Å². The number of hydrogen-bond acceptors (Lipinski definition) is 5. The van der Waals surface area contributed by atoms with Crippen LogP contribution < -0.4 is 15.6 Å². The largest absolute Gasteiger partial charge is 0.437 e. The number of pyridine rings is 1. The number of ether oxygens (including phenoxy) is 1. The van der Waals surface area contributed by atoms with Gasteiger partial charge < -0.3 is 10.1 Å². The average molecular weight is 457 g/mol. The number of aryl methyl sites for hydroxylation is 1. The van der Waals surface area contributed by atoms with Crippen LogP contribution in [-0.2, 0) is 4.79 Å². The molecule has 4 rings (SSSR count). The lowest BCUT2D eigenvalue weighted by atomic mass is 10.1. The van der Waals surface area contributed by atoms with Crippen LogP contribution in [0.4, 0.5) is 5.69 Å². The van der Waals surface area contributed by atoms with Crippen molar-refractivity contribution in [3.63, 3.8) is 0 Å². The standard InChI is InChI=1S/C25H17ClN4O3/c1-16-9-11-18(12-10-16)28-23(31)17(15-27)14-19-24(33-21-7-3-2-6-20(21)26)29-22-8-4-5-13-30(22)25(19)32/h2-14H,1H3,(H,28,31). The Labute approximate surface area is 194 Å². The SMILES string of the molecule is Cc1ccc(NC(=O)C(C#N)=Cc2c(Oc3ccccc3Cl)nc3ccccn3c2=O)cc1. The second kappa shape index (κ2) is 9.39. The quantitative estimate of drug-likeness (QED) is 0.337. The molecule has 1 amide bonds. The summed E-state index contributed by atoms with van der Waals surface area (Å²) in [5, 5.41) is 12.6. The van der Waals surface area contributed by atoms with Crippen LogP contribution in [0.2, 0.25) is 5.02 Å². The maximum absolute atomic E-state index is 13.2. The molecular formula is C25H17ClN4O3. The molecule has 0 atom stereocenters. The zero-order chi connectivity index (χ0) is 23.4. The number of carbonyl (C=O) groups is 1. The molecule has 2 aromatic carbocycles. The zero-order valence-corrected chi connectivity index (χ0v) is 18.2. The number of para-hydroxylation sites is 1. The maximum atomic E-state index is 13.2. The number of nitrogens with zero attached hydrogens (tertiary/aromatic N) is 3. The Morgan fingerprint density at radius 2 is 1.85 bits per heavy atom. The van der Waals surface area contributed by atoms with Crippen molar-refractivity contribution in [1.29, 1.82) is 5.26 Å². The number of fused-ring (bicyclic) bond motifs is 1. The number of amides is 1. The van der Waals surface area contributed by atoms with Gasteiger partial charge in [-0.15, -0.1) is 0 Å². The zero-order valence-electron chi connectivity index (χ0n) is 17.4. The van der Waals surface area contributed by atoms with E-state index in [4.69, 9.17) is 16.3 Å². The van der Waals surface area contributed by atoms with E-state index in [1.807, 2.05) is 25.1 Å². The predicted molar refractivity (Wildman–Crippen MR) is 126 cm³/mol. The number of benzene rings is 2. The Balaban J connectivity index is 1.81. The number of carbonyl (C=O) groups excluding carboxylic acids is 1. The third kappa shape index (κ3) is 4.76. The number of anilines is 1. The molecule has 0 bridgehead atoms. The number of rotatable bonds is 5. The minimum atomic E-state index is -0.664. The van der Waals surface area contributed by atoms with E-state index in [1.165, 1.54) is 10.5 Å². The van der Waals surface area contributed by atoms with Crippen LogP contribution in [0.1, 0.15) is 11.1 Å². The van der Waals surface area contributed by atoms with Gasteiger partial charge in [-0.1, -0.05) is 47.5 Å². The minimum absolute atomic E-state index is 0.0609. The van der Waals surface area contributed by atoms with E-state index in [1.54, 1.807) is 60.8 Å². The lowest BCUT2D eigenvalue weighted by molar-refractivity contribution is -0.112. The van der Waals surface area contributed by atoms with Gasteiger partial charge in [0.25, 0.3) is 11.5 Å². The molecule has 0 fully saturated rings. The van der Waals surface area contributed by atoms with Crippen LogP contribution in [0.15, 0.2) is 83.3 Å². The van der Waals surface area contributed by atoms with Crippen molar-refractivity contribution in [1.82, 2.24) is 9.38 Å². The monoisotopic (exact) mass is 456 g/mol. The number of aromatic nitrogens is 2. The summed E-state index contributed by atoms with van der Waals surface area (Å²) >= 11 is 6.20. The summed E-state index contributed by atoms with van der Waals surface area (Å²) < 4.78 is 7.15. The molecule has 2 aromatic heterocycles. The van der Waals surface area contributed by atoms with Crippen molar-refractivity contribution in [2.45, 2.75) is 6.92 Å². The van der Waals surface area contributed by atoms with E-state index in [9.17, 15) is 14.9 Å². The highest BCUT2D eigenvalue weighted by atomic mass is 35.5. The van der Waals surface area contributed by atoms with E-state index in [-0.39, 0.29) is 22.8 Å². The third-order valence-electron chi connectivity index (χ3n) is 4.74. The van der Waals surface area contributed by atoms with E-state index in [0.717, 1.165) is 5.56 Å². The van der Waals surface area contributed by atoms with Gasteiger partial charge in [-0.05, 0) is 49.4 Å². The highest BCUT2D eigenvalue weighted by molar-refractivity contribution is 6.32. The van der Waals surface area contributed by atoms with Gasteiger partial charge >= 0.3 is 0 Å². The van der Waals surface area contributed by atoms with E-state index in [0.29, 0.717) is 16.4 Å². The van der Waals surface area contributed by atoms with E-state index in [2.05, 4.69) is 10.3 Å². The molecule has 2 heterocycles. The molecule has 0 unspecified atom stereocenters. The van der Waals surface area contributed by atoms with Gasteiger partial charge in [-0.3, -0.25) is 14.0 Å². The lowest BCUT2D eigenvalue weighted by Crippen LogP contribution is -2.20. The summed E-state index contributed by atoms with van der Waals surface area (Å²) in [5.41, 5.74) is 1.04. The minimum Gasteiger partial charge on any atom is -0.437 e. The summed E-state index contributed by atoms with van der Waals surface area (Å²) in [5.74, 6) is -0.457. The van der Waals surface area contributed by atoms with Gasteiger partial charge in [-0.25, -0.2) is 0 Å². The van der Waals surface area contributed by atoms with Crippen molar-refractivity contribution in [2.24, 2.45) is 0 Å². The lowest BCUT2D eigenvalue weighted by Gasteiger charge is -2.11. The van der Waals surface area contributed by atoms with E-state index >= 15 is 0 Å². The second-order valence-corrected chi connectivity index (χ2v) is 7.49. The molecule has 0 radical (unpaired) electrons. The number of nitrogens with one attached hydrogen (secondary N) is 1. The first-order valence-corrected chi connectivity index (χ1v) is 10.3. The molecule has 4 aromatic rings. The van der Waals surface area contributed by atoms with Crippen molar-refractivity contribution in [3.05, 3.63) is 105 Å². The fourth-order valence-corrected chi connectivity index (χ4v) is 3.22. The first-order chi connectivity index (χ1) is 16.0. The Bertz CT molecular complexity index is 1480. The van der Waals surface area contributed by atoms with Crippen LogP contribution in [0.5, 0.6) is 11.6 Å². The normalized spacial score (nSPS) is 11.1. The number of hydrogen-bond donors (Lipinski definition) is 1. The number of nitriles is 1. The maximum Gasteiger partial charge on any atom is 0.269 e. The molecule has 8 heteroatoms. The van der Waals surface area contributed by atoms with E-state index < -0.39 is 11.5 Å². The van der Waals surface area contributed by atoms with Crippen molar-refractivity contribution < 1.29 is 9.53 Å². The van der Waals surface area contributed by atoms with Gasteiger partial charge in [-0.2, -0.15) is 10.2 Å². The molecule has 7 nitrogen and oxygen atoms in total. The Kier molecular flexibility index (Phi) is 6.20. The highest BCUT2D eigenvalue weighted by Crippen LogP contribution is 2.30. The van der Waals surface area contributed by atoms with Gasteiger partial charge in [0.1, 0.15) is 28.6 Å². The van der Waals surface area contributed by atoms with Gasteiger partial charge in [0.05, 0.1) is 5.02 Å². The average Bonchev–Trinajstić information content (AvgIpc) is 2.82. The molecule has 0 aliphatic rings. The fraction of sp³-hybridized carbons (Fsp3) is 0.0400. The Hall–Kier alpha value is -4.41. The van der Waals surface area contributed by atoms with Crippen LogP contribution in [0.3, 0.4) is 0 Å². The molecule has 0 aliphatic carbocycles. The highest BCUT2D eigenvalue weighted by Gasteiger charge is 2.18. The van der Waals surface area contributed by atoms with Gasteiger partial charge in [0.2, 0.25) is 5.88 Å². The summed E-state index contributed by atoms with van der Waals surface area (Å²) in [6.07, 6.45) is 2.71. The second-order valence-electron chi connectivity index (χ2n) is 7.09. The predicted octanol–water partition coefficient (Wildman–Crippen LogP) is 4.99. The molecule has 1 N–H and O–H groups in total. The molecular weight excluding hydrogens is 440 g/mol. The fourth-order valence-electron chi connectivity index (χ4n) is 3.04. The first-order valence-electron chi connectivity index (χ1n) is 9.90. The molecule has 0 aliphatic heterocycles. The first kappa shape index (κ1) is 21.8. The smallest absolute Gasteiger partial charge is 0.269 e. The van der Waals surface area contributed by atoms with Crippen molar-refractivity contribution in [2.75, 3.05) is 5.32 Å². The topological polar surface area (TPSA) is 96.5 Å². The molecule has 0 saturated heterocycles. The summed E-state index contributed by atoms with van der Waals surface area (Å²) in [7, 11) is 0. The Morgan fingerprint density at radius 1 is 1.12 bits per heavy atom. The van der Waals surface area contributed by atoms with Crippen LogP contribution in [0.25, 0.3) is 11.7 Å². The van der Waals surface area contributed by atoms with Crippen LogP contribution >= 0.6 is 11.6 Å². The Morgan fingerprint density at radius 3 is 2.58 bits per heavy atom. The van der Waals surface area contributed by atoms with Crippen LogP contribution in [0, 0.1) is 18.3 Å². The van der Waals surface area contributed by atoms with Crippen LogP contribution in [-0.4, -0.2) is 15.3 Å². The van der Waals surface area contributed by atoms with Crippen molar-refractivity contribution >= 4 is 34.9 Å². The molecule has 0 spiro atoms. The number of halogens is 1. The molecule has 33 heavy (non-hydrogen) atoms.